The Morgan fingerprint density at radius 1 is 1.36 bits per heavy atom. The van der Waals surface area contributed by atoms with Gasteiger partial charge >= 0.3 is 0 Å². The van der Waals surface area contributed by atoms with E-state index in [0.717, 1.165) is 25.4 Å². The Kier molecular flexibility index (Phi) is 3.38. The summed E-state index contributed by atoms with van der Waals surface area (Å²) in [7, 11) is 0. The summed E-state index contributed by atoms with van der Waals surface area (Å²) in [6.07, 6.45) is 8.70. The monoisotopic (exact) mass is 216 g/mol. The molecule has 3 unspecified atom stereocenters. The van der Waals surface area contributed by atoms with Crippen LogP contribution in [0.3, 0.4) is 0 Å². The molecule has 0 amide bonds. The molecule has 0 radical (unpaired) electrons. The number of alkyl halides is 1. The Balaban J connectivity index is 2.09. The maximum absolute atomic E-state index is 6.28. The first kappa shape index (κ1) is 10.8. The van der Waals surface area contributed by atoms with E-state index in [9.17, 15) is 0 Å². The molecule has 1 saturated carbocycles. The Morgan fingerprint density at radius 2 is 2.21 bits per heavy atom. The van der Waals surface area contributed by atoms with Crippen molar-refractivity contribution in [3.63, 3.8) is 0 Å². The van der Waals surface area contributed by atoms with Gasteiger partial charge in [-0.3, -0.25) is 0 Å². The number of hydrogen-bond donors (Lipinski definition) is 0. The van der Waals surface area contributed by atoms with Gasteiger partial charge in [0.05, 0.1) is 5.60 Å². The lowest BCUT2D eigenvalue weighted by Gasteiger charge is -2.47. The predicted octanol–water partition coefficient (Wildman–Crippen LogP) is 3.74. The summed E-state index contributed by atoms with van der Waals surface area (Å²) < 4.78 is 6.10. The van der Waals surface area contributed by atoms with Crippen LogP contribution in [0.1, 0.15) is 51.9 Å². The van der Waals surface area contributed by atoms with Crippen molar-refractivity contribution in [3.05, 3.63) is 0 Å². The molecule has 1 aliphatic carbocycles. The van der Waals surface area contributed by atoms with Crippen LogP contribution in [0, 0.1) is 5.92 Å². The Morgan fingerprint density at radius 3 is 2.93 bits per heavy atom. The van der Waals surface area contributed by atoms with Crippen molar-refractivity contribution < 1.29 is 4.74 Å². The van der Waals surface area contributed by atoms with Gasteiger partial charge in [0, 0.05) is 12.0 Å². The summed E-state index contributed by atoms with van der Waals surface area (Å²) in [6.45, 7) is 3.17. The highest BCUT2D eigenvalue weighted by molar-refractivity contribution is 6.20. The minimum Gasteiger partial charge on any atom is -0.375 e. The molecule has 2 fully saturated rings. The molecule has 2 rings (SSSR count). The van der Waals surface area contributed by atoms with E-state index in [1.54, 1.807) is 0 Å². The zero-order valence-corrected chi connectivity index (χ0v) is 9.85. The lowest BCUT2D eigenvalue weighted by Crippen LogP contribution is -2.48. The number of ether oxygens (including phenoxy) is 1. The molecule has 1 aliphatic heterocycles. The quantitative estimate of drug-likeness (QED) is 0.607. The lowest BCUT2D eigenvalue weighted by atomic mass is 9.70. The van der Waals surface area contributed by atoms with Gasteiger partial charge in [0.25, 0.3) is 0 Å². The molecule has 82 valence electrons. The van der Waals surface area contributed by atoms with Crippen LogP contribution in [-0.4, -0.2) is 17.6 Å². The Labute approximate surface area is 92.2 Å². The minimum atomic E-state index is 0.164. The second-order valence-corrected chi connectivity index (χ2v) is 5.47. The molecule has 2 heteroatoms. The van der Waals surface area contributed by atoms with Crippen molar-refractivity contribution >= 4 is 11.6 Å². The van der Waals surface area contributed by atoms with Crippen molar-refractivity contribution in [3.8, 4) is 0 Å². The summed E-state index contributed by atoms with van der Waals surface area (Å²) >= 11 is 6.28. The van der Waals surface area contributed by atoms with Crippen LogP contribution in [0.15, 0.2) is 0 Å². The number of halogens is 1. The summed E-state index contributed by atoms with van der Waals surface area (Å²) in [5.41, 5.74) is 0.164. The molecule has 0 aromatic carbocycles. The second kappa shape index (κ2) is 4.40. The van der Waals surface area contributed by atoms with Gasteiger partial charge in [0.15, 0.2) is 0 Å². The highest BCUT2D eigenvalue weighted by Crippen LogP contribution is 2.45. The normalized spacial score (nSPS) is 44.1. The highest BCUT2D eigenvalue weighted by Gasteiger charge is 2.43. The Hall–Kier alpha value is 0.250. The zero-order chi connectivity index (χ0) is 10.0. The van der Waals surface area contributed by atoms with Crippen LogP contribution in [0.2, 0.25) is 0 Å². The molecule has 1 spiro atoms. The van der Waals surface area contributed by atoms with Crippen LogP contribution in [0.5, 0.6) is 0 Å². The highest BCUT2D eigenvalue weighted by atomic mass is 35.5. The molecule has 0 aromatic rings. The van der Waals surface area contributed by atoms with E-state index in [1.165, 1.54) is 32.1 Å². The summed E-state index contributed by atoms with van der Waals surface area (Å²) in [6, 6.07) is 0. The fraction of sp³-hybridized carbons (Fsp3) is 1.00. The molecule has 0 aromatic heterocycles. The Bertz CT molecular complexity index is 191. The SMILES string of the molecule is CCC1CCCCC12CC(Cl)CCO2. The maximum atomic E-state index is 6.28. The average Bonchev–Trinajstić information content (AvgIpc) is 2.18. The standard InChI is InChI=1S/C12H21ClO/c1-2-10-5-3-4-7-12(10)9-11(13)6-8-14-12/h10-11H,2-9H2,1H3. The average molecular weight is 217 g/mol. The maximum Gasteiger partial charge on any atom is 0.0724 e. The van der Waals surface area contributed by atoms with Crippen LogP contribution in [0.4, 0.5) is 0 Å². The van der Waals surface area contributed by atoms with Crippen LogP contribution < -0.4 is 0 Å². The lowest BCUT2D eigenvalue weighted by molar-refractivity contribution is -0.134. The smallest absolute Gasteiger partial charge is 0.0724 e. The molecule has 2 aliphatic rings. The first-order valence-electron chi connectivity index (χ1n) is 6.05. The van der Waals surface area contributed by atoms with Gasteiger partial charge in [0.2, 0.25) is 0 Å². The van der Waals surface area contributed by atoms with Crippen molar-refractivity contribution in [2.24, 2.45) is 5.92 Å². The van der Waals surface area contributed by atoms with E-state index >= 15 is 0 Å². The van der Waals surface area contributed by atoms with Gasteiger partial charge in [0.1, 0.15) is 0 Å². The van der Waals surface area contributed by atoms with Crippen molar-refractivity contribution in [1.29, 1.82) is 0 Å². The molecule has 1 heterocycles. The van der Waals surface area contributed by atoms with Gasteiger partial charge < -0.3 is 4.74 Å². The molecular weight excluding hydrogens is 196 g/mol. The second-order valence-electron chi connectivity index (χ2n) is 4.85. The first-order valence-corrected chi connectivity index (χ1v) is 6.48. The van der Waals surface area contributed by atoms with Gasteiger partial charge in [-0.05, 0) is 31.6 Å². The number of hydrogen-bond acceptors (Lipinski definition) is 1. The fourth-order valence-corrected chi connectivity index (χ4v) is 3.59. The largest absolute Gasteiger partial charge is 0.375 e. The number of rotatable bonds is 1. The summed E-state index contributed by atoms with van der Waals surface area (Å²) in [5, 5.41) is 0.357. The summed E-state index contributed by atoms with van der Waals surface area (Å²) in [5.74, 6) is 0.762. The topological polar surface area (TPSA) is 9.23 Å². The van der Waals surface area contributed by atoms with Crippen LogP contribution in [-0.2, 0) is 4.74 Å². The summed E-state index contributed by atoms with van der Waals surface area (Å²) in [4.78, 5) is 0. The molecule has 14 heavy (non-hydrogen) atoms. The molecule has 3 atom stereocenters. The van der Waals surface area contributed by atoms with Crippen molar-refractivity contribution in [2.75, 3.05) is 6.61 Å². The molecule has 0 bridgehead atoms. The van der Waals surface area contributed by atoms with Gasteiger partial charge in [-0.2, -0.15) is 0 Å². The third-order valence-electron chi connectivity index (χ3n) is 4.03. The third kappa shape index (κ3) is 1.94. The molecule has 0 N–H and O–H groups in total. The fourth-order valence-electron chi connectivity index (χ4n) is 3.24. The van der Waals surface area contributed by atoms with Gasteiger partial charge in [-0.1, -0.05) is 26.2 Å². The molecule has 1 nitrogen and oxygen atoms in total. The van der Waals surface area contributed by atoms with E-state index in [4.69, 9.17) is 16.3 Å². The van der Waals surface area contributed by atoms with Crippen LogP contribution >= 0.6 is 11.6 Å². The minimum absolute atomic E-state index is 0.164. The van der Waals surface area contributed by atoms with Crippen molar-refractivity contribution in [1.82, 2.24) is 0 Å². The third-order valence-corrected chi connectivity index (χ3v) is 4.40. The van der Waals surface area contributed by atoms with E-state index in [0.29, 0.717) is 5.38 Å². The predicted molar refractivity (Wildman–Crippen MR) is 59.8 cm³/mol. The van der Waals surface area contributed by atoms with E-state index in [-0.39, 0.29) is 5.60 Å². The molecule has 1 saturated heterocycles. The van der Waals surface area contributed by atoms with Crippen LogP contribution in [0.25, 0.3) is 0 Å². The first-order chi connectivity index (χ1) is 6.77. The van der Waals surface area contributed by atoms with Gasteiger partial charge in [-0.15, -0.1) is 11.6 Å². The molecular formula is C12H21ClO. The van der Waals surface area contributed by atoms with Gasteiger partial charge in [-0.25, -0.2) is 0 Å². The van der Waals surface area contributed by atoms with E-state index in [1.807, 2.05) is 0 Å². The zero-order valence-electron chi connectivity index (χ0n) is 9.10. The van der Waals surface area contributed by atoms with Crippen molar-refractivity contribution in [2.45, 2.75) is 62.8 Å². The van der Waals surface area contributed by atoms with E-state index in [2.05, 4.69) is 6.92 Å². The van der Waals surface area contributed by atoms with E-state index < -0.39 is 0 Å².